The minimum atomic E-state index is 0.748. The van der Waals surface area contributed by atoms with Gasteiger partial charge in [0.2, 0.25) is 0 Å². The van der Waals surface area contributed by atoms with E-state index in [1.165, 1.54) is 11.4 Å². The molecule has 0 saturated carbocycles. The van der Waals surface area contributed by atoms with Gasteiger partial charge in [0, 0.05) is 19.2 Å². The summed E-state index contributed by atoms with van der Waals surface area (Å²) in [6, 6.07) is 0. The molecule has 0 bridgehead atoms. The monoisotopic (exact) mass is 208 g/mol. The number of aromatic nitrogens is 2. The summed E-state index contributed by atoms with van der Waals surface area (Å²) in [5.41, 5.74) is 2.64. The number of hydrogen-bond acceptors (Lipinski definition) is 2. The number of H-pyrrole nitrogens is 1. The molecule has 2 atom stereocenters. The van der Waals surface area contributed by atoms with Crippen molar-refractivity contribution < 1.29 is 4.74 Å². The van der Waals surface area contributed by atoms with Crippen molar-refractivity contribution in [2.24, 2.45) is 11.8 Å². The molecule has 2 rings (SSSR count). The summed E-state index contributed by atoms with van der Waals surface area (Å²) in [6.45, 7) is 5.39. The Kier molecular flexibility index (Phi) is 3.10. The zero-order valence-electron chi connectivity index (χ0n) is 9.84. The third-order valence-corrected chi connectivity index (χ3v) is 3.47. The second-order valence-electron chi connectivity index (χ2n) is 4.71. The molecule has 0 saturated heterocycles. The highest BCUT2D eigenvalue weighted by Gasteiger charge is 2.24. The molecule has 2 unspecified atom stereocenters. The van der Waals surface area contributed by atoms with Crippen molar-refractivity contribution in [1.82, 2.24) is 9.97 Å². The third kappa shape index (κ3) is 2.23. The molecule has 84 valence electrons. The van der Waals surface area contributed by atoms with Crippen molar-refractivity contribution in [2.45, 2.75) is 33.1 Å². The number of ether oxygens (including phenoxy) is 1. The summed E-state index contributed by atoms with van der Waals surface area (Å²) in [5, 5.41) is 0. The summed E-state index contributed by atoms with van der Waals surface area (Å²) in [6.07, 6.45) is 3.17. The van der Waals surface area contributed by atoms with Gasteiger partial charge >= 0.3 is 0 Å². The van der Waals surface area contributed by atoms with Crippen LogP contribution in [0.5, 0.6) is 0 Å². The number of fused-ring (bicyclic) bond motifs is 1. The van der Waals surface area contributed by atoms with Crippen molar-refractivity contribution >= 4 is 0 Å². The molecule has 0 aliphatic heterocycles. The molecule has 0 aromatic carbocycles. The summed E-state index contributed by atoms with van der Waals surface area (Å²) >= 11 is 0. The number of rotatable bonds is 3. The standard InChI is InChI=1S/C12H20N2O/c1-8-6-10-11(7-9(8)2)14-12(13-10)4-5-15-3/h8-9H,4-7H2,1-3H3,(H,13,14). The van der Waals surface area contributed by atoms with Crippen LogP contribution in [0.15, 0.2) is 0 Å². The third-order valence-electron chi connectivity index (χ3n) is 3.47. The van der Waals surface area contributed by atoms with Crippen LogP contribution in [-0.2, 0) is 24.0 Å². The largest absolute Gasteiger partial charge is 0.384 e. The van der Waals surface area contributed by atoms with E-state index in [9.17, 15) is 0 Å². The average molecular weight is 208 g/mol. The molecule has 3 heteroatoms. The van der Waals surface area contributed by atoms with Crippen LogP contribution >= 0.6 is 0 Å². The zero-order chi connectivity index (χ0) is 10.8. The number of imidazole rings is 1. The molecule has 1 aliphatic rings. The van der Waals surface area contributed by atoms with Crippen LogP contribution in [0.4, 0.5) is 0 Å². The Labute approximate surface area is 91.3 Å². The normalized spacial score (nSPS) is 25.3. The quantitative estimate of drug-likeness (QED) is 0.824. The van der Waals surface area contributed by atoms with Crippen LogP contribution in [0.3, 0.4) is 0 Å². The summed E-state index contributed by atoms with van der Waals surface area (Å²) in [4.78, 5) is 8.07. The number of nitrogens with one attached hydrogen (secondary N) is 1. The zero-order valence-corrected chi connectivity index (χ0v) is 9.84. The maximum atomic E-state index is 5.06. The van der Waals surface area contributed by atoms with Gasteiger partial charge in [0.05, 0.1) is 12.3 Å². The fourth-order valence-electron chi connectivity index (χ4n) is 2.19. The Bertz CT molecular complexity index is 305. The highest BCUT2D eigenvalue weighted by atomic mass is 16.5. The topological polar surface area (TPSA) is 37.9 Å². The van der Waals surface area contributed by atoms with E-state index in [0.717, 1.165) is 43.5 Å². The van der Waals surface area contributed by atoms with Gasteiger partial charge in [-0.1, -0.05) is 13.8 Å². The second kappa shape index (κ2) is 4.35. The minimum absolute atomic E-state index is 0.748. The predicted octanol–water partition coefficient (Wildman–Crippen LogP) is 1.97. The summed E-state index contributed by atoms with van der Waals surface area (Å²) in [5.74, 6) is 2.62. The van der Waals surface area contributed by atoms with E-state index in [2.05, 4.69) is 23.8 Å². The summed E-state index contributed by atoms with van der Waals surface area (Å²) < 4.78 is 5.06. The first-order valence-corrected chi connectivity index (χ1v) is 5.76. The Balaban J connectivity index is 2.11. The lowest BCUT2D eigenvalue weighted by molar-refractivity contribution is 0.200. The van der Waals surface area contributed by atoms with E-state index >= 15 is 0 Å². The lowest BCUT2D eigenvalue weighted by Gasteiger charge is -2.24. The van der Waals surface area contributed by atoms with Gasteiger partial charge in [-0.2, -0.15) is 0 Å². The summed E-state index contributed by atoms with van der Waals surface area (Å²) in [7, 11) is 1.73. The number of hydrogen-bond donors (Lipinski definition) is 1. The van der Waals surface area contributed by atoms with E-state index in [-0.39, 0.29) is 0 Å². The predicted molar refractivity (Wildman–Crippen MR) is 59.9 cm³/mol. The lowest BCUT2D eigenvalue weighted by atomic mass is 9.82. The fourth-order valence-corrected chi connectivity index (χ4v) is 2.19. The molecule has 1 aliphatic carbocycles. The van der Waals surface area contributed by atoms with Gasteiger partial charge in [-0.05, 0) is 24.7 Å². The first-order valence-electron chi connectivity index (χ1n) is 5.76. The molecule has 15 heavy (non-hydrogen) atoms. The number of aromatic amines is 1. The van der Waals surface area contributed by atoms with Crippen LogP contribution in [0.2, 0.25) is 0 Å². The van der Waals surface area contributed by atoms with Gasteiger partial charge in [-0.15, -0.1) is 0 Å². The number of methoxy groups -OCH3 is 1. The maximum absolute atomic E-state index is 5.06. The molecule has 1 aromatic rings. The van der Waals surface area contributed by atoms with Gasteiger partial charge in [0.25, 0.3) is 0 Å². The van der Waals surface area contributed by atoms with E-state index in [0.29, 0.717) is 0 Å². The van der Waals surface area contributed by atoms with Crippen LogP contribution in [0, 0.1) is 11.8 Å². The molecule has 0 fully saturated rings. The van der Waals surface area contributed by atoms with Crippen molar-refractivity contribution in [3.8, 4) is 0 Å². The van der Waals surface area contributed by atoms with Crippen molar-refractivity contribution in [3.05, 3.63) is 17.2 Å². The van der Waals surface area contributed by atoms with Crippen molar-refractivity contribution in [3.63, 3.8) is 0 Å². The molecular weight excluding hydrogens is 188 g/mol. The second-order valence-corrected chi connectivity index (χ2v) is 4.71. The Morgan fingerprint density at radius 2 is 2.07 bits per heavy atom. The molecule has 0 amide bonds. The molecule has 1 aromatic heterocycles. The van der Waals surface area contributed by atoms with Gasteiger partial charge in [-0.25, -0.2) is 4.98 Å². The van der Waals surface area contributed by atoms with Gasteiger partial charge in [0.15, 0.2) is 0 Å². The first-order chi connectivity index (χ1) is 7.20. The highest BCUT2D eigenvalue weighted by molar-refractivity contribution is 5.19. The Morgan fingerprint density at radius 3 is 2.80 bits per heavy atom. The SMILES string of the molecule is COCCc1nc2c([nH]1)CC(C)C(C)C2. The van der Waals surface area contributed by atoms with Crippen molar-refractivity contribution in [2.75, 3.05) is 13.7 Å². The van der Waals surface area contributed by atoms with Crippen LogP contribution in [0.1, 0.15) is 31.1 Å². The lowest BCUT2D eigenvalue weighted by Crippen LogP contribution is -2.20. The fraction of sp³-hybridized carbons (Fsp3) is 0.750. The van der Waals surface area contributed by atoms with E-state index in [1.54, 1.807) is 7.11 Å². The smallest absolute Gasteiger partial charge is 0.108 e. The van der Waals surface area contributed by atoms with Gasteiger partial charge in [0.1, 0.15) is 5.82 Å². The molecule has 3 nitrogen and oxygen atoms in total. The van der Waals surface area contributed by atoms with E-state index < -0.39 is 0 Å². The maximum Gasteiger partial charge on any atom is 0.108 e. The average Bonchev–Trinajstić information content (AvgIpc) is 2.58. The van der Waals surface area contributed by atoms with E-state index in [1.807, 2.05) is 0 Å². The van der Waals surface area contributed by atoms with Crippen LogP contribution < -0.4 is 0 Å². The Morgan fingerprint density at radius 1 is 1.33 bits per heavy atom. The highest BCUT2D eigenvalue weighted by Crippen LogP contribution is 2.28. The molecular formula is C12H20N2O. The number of nitrogens with zero attached hydrogens (tertiary/aromatic N) is 1. The van der Waals surface area contributed by atoms with Crippen LogP contribution in [0.25, 0.3) is 0 Å². The van der Waals surface area contributed by atoms with E-state index in [4.69, 9.17) is 4.74 Å². The molecule has 1 N–H and O–H groups in total. The van der Waals surface area contributed by atoms with Gasteiger partial charge < -0.3 is 9.72 Å². The molecule has 0 radical (unpaired) electrons. The Hall–Kier alpha value is -0.830. The first kappa shape index (κ1) is 10.7. The molecule has 1 heterocycles. The van der Waals surface area contributed by atoms with Gasteiger partial charge in [-0.3, -0.25) is 0 Å². The van der Waals surface area contributed by atoms with Crippen molar-refractivity contribution in [1.29, 1.82) is 0 Å². The molecule has 0 spiro atoms. The van der Waals surface area contributed by atoms with Crippen LogP contribution in [-0.4, -0.2) is 23.7 Å². The minimum Gasteiger partial charge on any atom is -0.384 e.